The normalized spacial score (nSPS) is 19.8. The Labute approximate surface area is 878 Å². The van der Waals surface area contributed by atoms with Crippen LogP contribution in [-0.2, 0) is 95.0 Å². The van der Waals surface area contributed by atoms with Crippen molar-refractivity contribution in [1.29, 1.82) is 0 Å². The summed E-state index contributed by atoms with van der Waals surface area (Å²) in [5, 5.41) is 0. The molecule has 0 radical (unpaired) electrons. The molecule has 143 heavy (non-hydrogen) atoms. The summed E-state index contributed by atoms with van der Waals surface area (Å²) in [5.74, 6) is -0.581. The van der Waals surface area contributed by atoms with E-state index >= 15 is 0 Å². The van der Waals surface area contributed by atoms with Gasteiger partial charge in [0, 0.05) is 32.1 Å². The lowest BCUT2D eigenvalue weighted by Crippen LogP contribution is -2.38. The van der Waals surface area contributed by atoms with Gasteiger partial charge in [0.2, 0.25) is 0 Å². The summed E-state index contributed by atoms with van der Waals surface area (Å²) in [6.45, 7) is 26.3. The van der Waals surface area contributed by atoms with Gasteiger partial charge in [-0.3, -0.25) is 24.0 Å². The Morgan fingerprint density at radius 2 is 0.315 bits per heavy atom. The van der Waals surface area contributed by atoms with Crippen molar-refractivity contribution in [2.75, 3.05) is 66.1 Å². The SMILES string of the molecule is CC/C=C/C/C=C/C/C=C/CCCCCCCC(=O)OC1COC(CCC)OC1.CCCCC/C=C/C/C=C/CCCCCCCC(=O)OC1COC(CCC)OC1.CCCCCCCC/C=C/CCCCCCCC(=O)OC1COC(CCC)OC1.CCCCCCCCCCCCCCCC(=O)OC1COC(CCC)OC1.CCCCCCCCCCCCCCCCCC(=O)OC1COC(CCC)OC1. The molecule has 5 fully saturated rings. The van der Waals surface area contributed by atoms with Gasteiger partial charge in [-0.1, -0.05) is 444 Å². The zero-order valence-electron chi connectivity index (χ0n) is 94.2. The Bertz CT molecular complexity index is 2890. The first-order valence-corrected chi connectivity index (χ1v) is 60.3. The maximum absolute atomic E-state index is 11.9. The molecule has 0 saturated carbocycles. The third-order valence-corrected chi connectivity index (χ3v) is 26.3. The van der Waals surface area contributed by atoms with Crippen molar-refractivity contribution in [1.82, 2.24) is 0 Å². The van der Waals surface area contributed by atoms with Crippen molar-refractivity contribution >= 4 is 29.8 Å². The highest BCUT2D eigenvalue weighted by molar-refractivity contribution is 5.71. The highest BCUT2D eigenvalue weighted by atomic mass is 16.7. The number of hydrogen-bond donors (Lipinski definition) is 0. The standard InChI is InChI=1S/C25H48O4.C25H46O4.C25H44O4.C25H42O4.C23H44O4/c4*1-3-5-6-7-8-9-10-11-12-13-14-15-16-17-18-20-24(26)29-23-21-27-25(19-4-2)28-22-23;1-3-5-6-7-8-9-10-11-12-13-14-15-16-18-22(24)27-21-19-25-23(17-4-2)26-20-21/h23,25H,3-22H2,1-2H3;11-12,23,25H,3-10,13-22H2,1-2H3;8-9,11-12,23,25H,3-7,10,13-22H2,1-2H3;5-6,8-9,11-12,23,25H,3-4,7,10,13-22H2,1-2H3;21,23H,3-20H2,1-2H3/b;12-11+;9-8+,12-11+;6-5+,9-8+,12-11+;. The van der Waals surface area contributed by atoms with Gasteiger partial charge >= 0.3 is 29.8 Å². The largest absolute Gasteiger partial charge is 0.457 e. The van der Waals surface area contributed by atoms with E-state index in [-0.39, 0.29) is 91.8 Å². The number of hydrogen-bond acceptors (Lipinski definition) is 20. The van der Waals surface area contributed by atoms with Crippen molar-refractivity contribution in [3.63, 3.8) is 0 Å². The monoisotopic (exact) mass is 2020 g/mol. The van der Waals surface area contributed by atoms with Crippen molar-refractivity contribution in [2.24, 2.45) is 0 Å². The lowest BCUT2D eigenvalue weighted by Gasteiger charge is -2.28. The number of rotatable bonds is 87. The molecule has 5 aliphatic heterocycles. The second kappa shape index (κ2) is 109. The lowest BCUT2D eigenvalue weighted by atomic mass is 10.0. The number of ether oxygens (including phenoxy) is 15. The third kappa shape index (κ3) is 94.3. The fraction of sp³-hybridized carbons (Fsp3) is 0.862. The van der Waals surface area contributed by atoms with Gasteiger partial charge in [0.15, 0.2) is 31.5 Å². The molecule has 20 nitrogen and oxygen atoms in total. The summed E-state index contributed by atoms with van der Waals surface area (Å²) in [5.41, 5.74) is 0. The Kier molecular flexibility index (Phi) is 104. The average molecular weight is 2020 g/mol. The quantitative estimate of drug-likeness (QED) is 0.0239. The maximum atomic E-state index is 11.9. The minimum atomic E-state index is -0.245. The van der Waals surface area contributed by atoms with Crippen LogP contribution in [0.3, 0.4) is 0 Å². The summed E-state index contributed by atoms with van der Waals surface area (Å²) in [4.78, 5) is 59.5. The van der Waals surface area contributed by atoms with Gasteiger partial charge in [0.05, 0.1) is 66.1 Å². The molecule has 0 unspecified atom stereocenters. The van der Waals surface area contributed by atoms with Gasteiger partial charge in [0.25, 0.3) is 0 Å². The van der Waals surface area contributed by atoms with Crippen LogP contribution in [-0.4, -0.2) is 158 Å². The molecule has 0 amide bonds. The Morgan fingerprint density at radius 3 is 0.490 bits per heavy atom. The van der Waals surface area contributed by atoms with Crippen molar-refractivity contribution in [3.8, 4) is 0 Å². The summed E-state index contributed by atoms with van der Waals surface area (Å²) in [6, 6.07) is 0. The van der Waals surface area contributed by atoms with Gasteiger partial charge in [-0.05, 0) is 154 Å². The van der Waals surface area contributed by atoms with Crippen LogP contribution in [0.4, 0.5) is 0 Å². The molecule has 0 spiro atoms. The number of carbonyl (C=O) groups excluding carboxylic acids is 5. The summed E-state index contributed by atoms with van der Waals surface area (Å²) in [6.07, 6.45) is 114. The fourth-order valence-electron chi connectivity index (χ4n) is 17.4. The lowest BCUT2D eigenvalue weighted by molar-refractivity contribution is -0.227. The minimum absolute atomic E-state index is 0.106. The van der Waals surface area contributed by atoms with Crippen molar-refractivity contribution in [2.45, 2.75) is 619 Å². The molecule has 5 rings (SSSR count). The van der Waals surface area contributed by atoms with Crippen molar-refractivity contribution < 1.29 is 95.0 Å². The van der Waals surface area contributed by atoms with Crippen LogP contribution in [0.25, 0.3) is 0 Å². The maximum Gasteiger partial charge on any atom is 0.306 e. The van der Waals surface area contributed by atoms with Gasteiger partial charge in [-0.15, -0.1) is 0 Å². The number of unbranched alkanes of at least 4 members (excludes halogenated alkanes) is 50. The second-order valence-corrected chi connectivity index (χ2v) is 40.6. The molecule has 0 aromatic carbocycles. The molecule has 0 aromatic rings. The van der Waals surface area contributed by atoms with Crippen LogP contribution in [0.15, 0.2) is 72.9 Å². The highest BCUT2D eigenvalue weighted by Crippen LogP contribution is 2.25. The molecular formula is C123H224O20. The first-order valence-electron chi connectivity index (χ1n) is 60.3. The van der Waals surface area contributed by atoms with E-state index in [2.05, 4.69) is 142 Å². The summed E-state index contributed by atoms with van der Waals surface area (Å²) < 4.78 is 82.7. The number of esters is 5. The van der Waals surface area contributed by atoms with Gasteiger partial charge in [-0.25, -0.2) is 0 Å². The van der Waals surface area contributed by atoms with Crippen LogP contribution < -0.4 is 0 Å². The van der Waals surface area contributed by atoms with E-state index in [1.807, 2.05) is 0 Å². The van der Waals surface area contributed by atoms with Crippen LogP contribution in [0, 0.1) is 0 Å². The predicted molar refractivity (Wildman–Crippen MR) is 590 cm³/mol. The van der Waals surface area contributed by atoms with Crippen LogP contribution >= 0.6 is 0 Å². The Hall–Kier alpha value is -4.61. The van der Waals surface area contributed by atoms with Crippen LogP contribution in [0.2, 0.25) is 0 Å². The molecule has 0 aromatic heterocycles. The van der Waals surface area contributed by atoms with E-state index in [1.165, 1.54) is 289 Å². The zero-order chi connectivity index (χ0) is 104. The number of allylic oxidation sites excluding steroid dienone is 12. The smallest absolute Gasteiger partial charge is 0.306 e. The number of carbonyl (C=O) groups is 5. The molecule has 5 heterocycles. The molecule has 836 valence electrons. The molecule has 5 saturated heterocycles. The molecule has 0 bridgehead atoms. The van der Waals surface area contributed by atoms with Gasteiger partial charge in [-0.2, -0.15) is 0 Å². The Balaban J connectivity index is 0.000000894. The fourth-order valence-corrected chi connectivity index (χ4v) is 17.4. The van der Waals surface area contributed by atoms with Crippen LogP contribution in [0.1, 0.15) is 557 Å². The Morgan fingerprint density at radius 1 is 0.175 bits per heavy atom. The van der Waals surface area contributed by atoms with Crippen molar-refractivity contribution in [3.05, 3.63) is 72.9 Å². The molecule has 20 heteroatoms. The molecule has 0 N–H and O–H groups in total. The molecular weight excluding hydrogens is 1800 g/mol. The molecule has 5 aliphatic rings. The van der Waals surface area contributed by atoms with E-state index < -0.39 is 0 Å². The van der Waals surface area contributed by atoms with Crippen LogP contribution in [0.5, 0.6) is 0 Å². The second-order valence-electron chi connectivity index (χ2n) is 40.6. The van der Waals surface area contributed by atoms with E-state index in [9.17, 15) is 24.0 Å². The molecule has 0 aliphatic carbocycles. The van der Waals surface area contributed by atoms with E-state index in [0.717, 1.165) is 167 Å². The third-order valence-electron chi connectivity index (χ3n) is 26.3. The molecule has 0 atom stereocenters. The van der Waals surface area contributed by atoms with Gasteiger partial charge < -0.3 is 71.1 Å². The minimum Gasteiger partial charge on any atom is -0.457 e. The summed E-state index contributed by atoms with van der Waals surface area (Å²) >= 11 is 0. The summed E-state index contributed by atoms with van der Waals surface area (Å²) in [7, 11) is 0. The van der Waals surface area contributed by atoms with E-state index in [4.69, 9.17) is 71.1 Å². The highest BCUT2D eigenvalue weighted by Gasteiger charge is 2.30. The zero-order valence-corrected chi connectivity index (χ0v) is 94.2. The first kappa shape index (κ1) is 136. The first-order chi connectivity index (χ1) is 70.3. The predicted octanol–water partition coefficient (Wildman–Crippen LogP) is 34.5. The topological polar surface area (TPSA) is 224 Å². The van der Waals surface area contributed by atoms with E-state index in [0.29, 0.717) is 98.2 Å². The van der Waals surface area contributed by atoms with E-state index in [1.54, 1.807) is 0 Å². The van der Waals surface area contributed by atoms with Gasteiger partial charge in [0.1, 0.15) is 30.5 Å². The average Bonchev–Trinajstić information content (AvgIpc) is 0.923.